The summed E-state index contributed by atoms with van der Waals surface area (Å²) in [6.45, 7) is 0. The number of hydrogen-bond donors (Lipinski definition) is 4. The van der Waals surface area contributed by atoms with Gasteiger partial charge in [0.2, 0.25) is 0 Å². The molecule has 0 unspecified atom stereocenters. The van der Waals surface area contributed by atoms with Crippen molar-refractivity contribution in [3.8, 4) is 0 Å². The highest BCUT2D eigenvalue weighted by Gasteiger charge is 1.87. The molecule has 0 atom stereocenters. The Bertz CT molecular complexity index is 174. The van der Waals surface area contributed by atoms with Crippen LogP contribution in [0.1, 0.15) is 0 Å². The molecule has 1 aromatic rings. The van der Waals surface area contributed by atoms with E-state index in [1.165, 1.54) is 0 Å². The van der Waals surface area contributed by atoms with Gasteiger partial charge in [-0.3, -0.25) is 0 Å². The van der Waals surface area contributed by atoms with E-state index in [0.717, 1.165) is 11.4 Å². The molecular weight excluding hydrogens is 164 g/mol. The molecule has 2 nitrogen and oxygen atoms in total. The van der Waals surface area contributed by atoms with Crippen molar-refractivity contribution in [2.75, 3.05) is 9.44 Å². The summed E-state index contributed by atoms with van der Waals surface area (Å²) in [5.74, 6) is 0. The number of thiol groups is 2. The Morgan fingerprint density at radius 2 is 1.10 bits per heavy atom. The van der Waals surface area contributed by atoms with Crippen molar-refractivity contribution in [3.05, 3.63) is 24.3 Å². The zero-order chi connectivity index (χ0) is 7.40. The molecule has 0 radical (unpaired) electrons. The van der Waals surface area contributed by atoms with Crippen LogP contribution in [0.5, 0.6) is 0 Å². The Hall–Kier alpha value is -0.480. The SMILES string of the molecule is SNc1ccc(NS)cc1. The van der Waals surface area contributed by atoms with E-state index in [9.17, 15) is 0 Å². The molecule has 10 heavy (non-hydrogen) atoms. The van der Waals surface area contributed by atoms with Gasteiger partial charge >= 0.3 is 0 Å². The predicted molar refractivity (Wildman–Crippen MR) is 51.7 cm³/mol. The van der Waals surface area contributed by atoms with Crippen LogP contribution < -0.4 is 9.44 Å². The Labute approximate surface area is 71.1 Å². The second-order valence-corrected chi connectivity index (χ2v) is 2.25. The molecule has 0 aliphatic rings. The summed E-state index contributed by atoms with van der Waals surface area (Å²) in [7, 11) is 0. The lowest BCUT2D eigenvalue weighted by Crippen LogP contribution is -1.81. The maximum atomic E-state index is 3.88. The first kappa shape index (κ1) is 7.63. The highest BCUT2D eigenvalue weighted by molar-refractivity contribution is 7.81. The Balaban J connectivity index is 2.80. The summed E-state index contributed by atoms with van der Waals surface area (Å²) in [4.78, 5) is 0. The lowest BCUT2D eigenvalue weighted by molar-refractivity contribution is 1.67. The Kier molecular flexibility index (Phi) is 2.77. The van der Waals surface area contributed by atoms with Crippen molar-refractivity contribution in [2.24, 2.45) is 0 Å². The maximum Gasteiger partial charge on any atom is 0.0439 e. The third-order valence-electron chi connectivity index (χ3n) is 1.14. The minimum Gasteiger partial charge on any atom is -0.332 e. The molecular formula is C6H8N2S2. The van der Waals surface area contributed by atoms with E-state index in [-0.39, 0.29) is 0 Å². The van der Waals surface area contributed by atoms with E-state index >= 15 is 0 Å². The second-order valence-electron chi connectivity index (χ2n) is 1.80. The van der Waals surface area contributed by atoms with Crippen LogP contribution in [0.4, 0.5) is 11.4 Å². The van der Waals surface area contributed by atoms with Gasteiger partial charge in [0.25, 0.3) is 0 Å². The average molecular weight is 172 g/mol. The summed E-state index contributed by atoms with van der Waals surface area (Å²) in [6, 6.07) is 7.63. The molecule has 0 bridgehead atoms. The molecule has 2 N–H and O–H groups in total. The fourth-order valence-corrected chi connectivity index (χ4v) is 0.917. The molecule has 1 aromatic carbocycles. The number of anilines is 2. The second kappa shape index (κ2) is 3.63. The smallest absolute Gasteiger partial charge is 0.0439 e. The van der Waals surface area contributed by atoms with E-state index in [0.29, 0.717) is 0 Å². The average Bonchev–Trinajstić information content (AvgIpc) is 2.05. The number of nitrogens with one attached hydrogen (secondary N) is 2. The molecule has 0 amide bonds. The molecule has 0 saturated carbocycles. The van der Waals surface area contributed by atoms with Gasteiger partial charge in [0.15, 0.2) is 0 Å². The van der Waals surface area contributed by atoms with E-state index in [1.807, 2.05) is 24.3 Å². The van der Waals surface area contributed by atoms with Crippen LogP contribution in [-0.2, 0) is 0 Å². The van der Waals surface area contributed by atoms with Crippen molar-refractivity contribution < 1.29 is 0 Å². The zero-order valence-electron chi connectivity index (χ0n) is 5.20. The Morgan fingerprint density at radius 3 is 1.30 bits per heavy atom. The molecule has 0 spiro atoms. The lowest BCUT2D eigenvalue weighted by atomic mass is 10.3. The number of benzene rings is 1. The maximum absolute atomic E-state index is 3.88. The van der Waals surface area contributed by atoms with Crippen LogP contribution in [0, 0.1) is 0 Å². The van der Waals surface area contributed by atoms with Crippen LogP contribution in [0.25, 0.3) is 0 Å². The first-order chi connectivity index (χ1) is 4.86. The third-order valence-corrected chi connectivity index (χ3v) is 1.66. The Morgan fingerprint density at radius 1 is 0.800 bits per heavy atom. The summed E-state index contributed by atoms with van der Waals surface area (Å²) in [6.07, 6.45) is 0. The summed E-state index contributed by atoms with van der Waals surface area (Å²) in [5, 5.41) is 0. The number of rotatable bonds is 2. The van der Waals surface area contributed by atoms with Crippen molar-refractivity contribution in [2.45, 2.75) is 0 Å². The van der Waals surface area contributed by atoms with Gasteiger partial charge in [0.1, 0.15) is 0 Å². The van der Waals surface area contributed by atoms with Crippen LogP contribution in [0.3, 0.4) is 0 Å². The van der Waals surface area contributed by atoms with Crippen LogP contribution in [0.15, 0.2) is 24.3 Å². The molecule has 1 rings (SSSR count). The zero-order valence-corrected chi connectivity index (χ0v) is 6.99. The first-order valence-electron chi connectivity index (χ1n) is 2.77. The van der Waals surface area contributed by atoms with Crippen molar-refractivity contribution in [1.29, 1.82) is 0 Å². The monoisotopic (exact) mass is 172 g/mol. The quantitative estimate of drug-likeness (QED) is 0.514. The molecule has 0 fully saturated rings. The van der Waals surface area contributed by atoms with Gasteiger partial charge in [-0.2, -0.15) is 0 Å². The summed E-state index contributed by atoms with van der Waals surface area (Å²) in [5.41, 5.74) is 1.94. The van der Waals surface area contributed by atoms with Gasteiger partial charge in [0, 0.05) is 11.4 Å². The van der Waals surface area contributed by atoms with Gasteiger partial charge in [-0.05, 0) is 24.3 Å². The van der Waals surface area contributed by atoms with E-state index in [1.54, 1.807) is 0 Å². The van der Waals surface area contributed by atoms with Gasteiger partial charge in [0.05, 0.1) is 0 Å². The topological polar surface area (TPSA) is 24.1 Å². The van der Waals surface area contributed by atoms with E-state index < -0.39 is 0 Å². The highest BCUT2D eigenvalue weighted by Crippen LogP contribution is 2.13. The number of hydrogen-bond acceptors (Lipinski definition) is 4. The van der Waals surface area contributed by atoms with Crippen LogP contribution in [-0.4, -0.2) is 0 Å². The van der Waals surface area contributed by atoms with Gasteiger partial charge in [-0.15, -0.1) is 0 Å². The predicted octanol–water partition coefficient (Wildman–Crippen LogP) is 2.20. The molecule has 0 saturated heterocycles. The lowest BCUT2D eigenvalue weighted by Gasteiger charge is -1.99. The highest BCUT2D eigenvalue weighted by atomic mass is 32.1. The van der Waals surface area contributed by atoms with E-state index in [4.69, 9.17) is 0 Å². The molecule has 4 heteroatoms. The van der Waals surface area contributed by atoms with Gasteiger partial charge in [-0.25, -0.2) is 0 Å². The van der Waals surface area contributed by atoms with E-state index in [2.05, 4.69) is 35.1 Å². The first-order valence-corrected chi connectivity index (χ1v) is 3.66. The van der Waals surface area contributed by atoms with Crippen molar-refractivity contribution >= 4 is 37.0 Å². The van der Waals surface area contributed by atoms with Crippen LogP contribution >= 0.6 is 25.6 Å². The molecule has 0 aliphatic carbocycles. The normalized spacial score (nSPS) is 9.00. The largest absolute Gasteiger partial charge is 0.332 e. The minimum atomic E-state index is 0.968. The summed E-state index contributed by atoms with van der Waals surface area (Å²) >= 11 is 7.77. The molecule has 0 heterocycles. The third kappa shape index (κ3) is 1.75. The molecule has 54 valence electrons. The molecule has 0 aromatic heterocycles. The van der Waals surface area contributed by atoms with Gasteiger partial charge < -0.3 is 9.44 Å². The van der Waals surface area contributed by atoms with Crippen molar-refractivity contribution in [3.63, 3.8) is 0 Å². The van der Waals surface area contributed by atoms with Crippen molar-refractivity contribution in [1.82, 2.24) is 0 Å². The summed E-state index contributed by atoms with van der Waals surface area (Å²) < 4.78 is 5.44. The minimum absolute atomic E-state index is 0.968. The fraction of sp³-hybridized carbons (Fsp3) is 0. The standard InChI is InChI=1S/C6H8N2S2/c9-7-5-1-2-6(8-10)4-3-5/h1-4,7-10H. The van der Waals surface area contributed by atoms with Crippen LogP contribution in [0.2, 0.25) is 0 Å². The molecule has 0 aliphatic heterocycles. The fourth-order valence-electron chi connectivity index (χ4n) is 0.619. The van der Waals surface area contributed by atoms with Gasteiger partial charge in [-0.1, -0.05) is 25.6 Å².